The zero-order valence-corrected chi connectivity index (χ0v) is 21.2. The largest absolute Gasteiger partial charge is 0.459 e. The Morgan fingerprint density at radius 1 is 1.06 bits per heavy atom. The van der Waals surface area contributed by atoms with Crippen molar-refractivity contribution in [2.24, 2.45) is 0 Å². The van der Waals surface area contributed by atoms with Crippen molar-refractivity contribution >= 4 is 35.2 Å². The quantitative estimate of drug-likeness (QED) is 0.226. The average molecular weight is 508 g/mol. The molecular weight excluding hydrogens is 478 g/mol. The molecule has 0 saturated carbocycles. The van der Waals surface area contributed by atoms with Gasteiger partial charge in [-0.25, -0.2) is 4.79 Å². The van der Waals surface area contributed by atoms with E-state index in [1.54, 1.807) is 68.5 Å². The standard InChI is InChI=1S/C26H29N5O4S/c1-5-14-31-23(18(4)27-24(33)19-10-7-6-8-11-19)29-30-26(31)36-16-22(32)28-21-13-9-12-20(15-21)25(34)35-17(2)3/h5-13,15,17-18H,1,14,16H2,2-4H3,(H,27,33)(H,28,32)/t18-/m1/s1. The monoisotopic (exact) mass is 507 g/mol. The minimum Gasteiger partial charge on any atom is -0.459 e. The van der Waals surface area contributed by atoms with Crippen molar-refractivity contribution in [2.45, 2.75) is 44.6 Å². The van der Waals surface area contributed by atoms with Gasteiger partial charge < -0.3 is 19.9 Å². The van der Waals surface area contributed by atoms with Crippen LogP contribution < -0.4 is 10.6 Å². The Morgan fingerprint density at radius 3 is 2.47 bits per heavy atom. The number of nitrogens with zero attached hydrogens (tertiary/aromatic N) is 3. The summed E-state index contributed by atoms with van der Waals surface area (Å²) in [5, 5.41) is 14.7. The first-order valence-corrected chi connectivity index (χ1v) is 12.4. The van der Waals surface area contributed by atoms with Crippen LogP contribution in [0.25, 0.3) is 0 Å². The fourth-order valence-corrected chi connectivity index (χ4v) is 4.05. The van der Waals surface area contributed by atoms with Crippen LogP contribution in [0, 0.1) is 0 Å². The summed E-state index contributed by atoms with van der Waals surface area (Å²) in [6.45, 7) is 9.57. The molecule has 0 aliphatic heterocycles. The van der Waals surface area contributed by atoms with Crippen LogP contribution in [0.1, 0.15) is 53.4 Å². The second-order valence-electron chi connectivity index (χ2n) is 8.17. The van der Waals surface area contributed by atoms with Crippen LogP contribution in [-0.2, 0) is 16.1 Å². The number of ether oxygens (including phenoxy) is 1. The molecule has 10 heteroatoms. The summed E-state index contributed by atoms with van der Waals surface area (Å²) in [5.41, 5.74) is 1.40. The number of hydrogen-bond donors (Lipinski definition) is 2. The molecule has 2 N–H and O–H groups in total. The molecule has 0 bridgehead atoms. The SMILES string of the molecule is C=CCn1c(SCC(=O)Nc2cccc(C(=O)OC(C)C)c2)nnc1[C@@H](C)NC(=O)c1ccccc1. The highest BCUT2D eigenvalue weighted by Gasteiger charge is 2.20. The molecule has 2 amide bonds. The Morgan fingerprint density at radius 2 is 1.78 bits per heavy atom. The lowest BCUT2D eigenvalue weighted by Gasteiger charge is -2.15. The molecule has 1 aromatic heterocycles. The van der Waals surface area contributed by atoms with E-state index >= 15 is 0 Å². The second-order valence-corrected chi connectivity index (χ2v) is 9.12. The molecule has 3 aromatic rings. The van der Waals surface area contributed by atoms with Gasteiger partial charge in [0, 0.05) is 17.8 Å². The molecule has 36 heavy (non-hydrogen) atoms. The van der Waals surface area contributed by atoms with Crippen molar-refractivity contribution < 1.29 is 19.1 Å². The number of thioether (sulfide) groups is 1. The first-order valence-electron chi connectivity index (χ1n) is 11.4. The lowest BCUT2D eigenvalue weighted by atomic mass is 10.2. The smallest absolute Gasteiger partial charge is 0.338 e. The van der Waals surface area contributed by atoms with Crippen molar-refractivity contribution in [3.8, 4) is 0 Å². The van der Waals surface area contributed by atoms with E-state index in [-0.39, 0.29) is 23.7 Å². The Balaban J connectivity index is 1.63. The summed E-state index contributed by atoms with van der Waals surface area (Å²) in [6.07, 6.45) is 1.46. The van der Waals surface area contributed by atoms with Crippen molar-refractivity contribution in [3.63, 3.8) is 0 Å². The predicted octanol–water partition coefficient (Wildman–Crippen LogP) is 4.25. The number of anilines is 1. The van der Waals surface area contributed by atoms with Gasteiger partial charge in [0.25, 0.3) is 5.91 Å². The Hall–Kier alpha value is -3.92. The van der Waals surface area contributed by atoms with Crippen LogP contribution in [0.4, 0.5) is 5.69 Å². The van der Waals surface area contributed by atoms with Gasteiger partial charge in [-0.1, -0.05) is 42.1 Å². The van der Waals surface area contributed by atoms with E-state index in [0.717, 1.165) is 0 Å². The molecule has 0 radical (unpaired) electrons. The maximum Gasteiger partial charge on any atom is 0.338 e. The summed E-state index contributed by atoms with van der Waals surface area (Å²) < 4.78 is 7.01. The topological polar surface area (TPSA) is 115 Å². The minimum atomic E-state index is -0.450. The van der Waals surface area contributed by atoms with E-state index in [0.29, 0.717) is 34.3 Å². The minimum absolute atomic E-state index is 0.0701. The van der Waals surface area contributed by atoms with Gasteiger partial charge in [-0.05, 0) is 51.1 Å². The number of carbonyl (C=O) groups is 3. The van der Waals surface area contributed by atoms with E-state index in [1.807, 2.05) is 17.6 Å². The fourth-order valence-electron chi connectivity index (χ4n) is 3.30. The number of carbonyl (C=O) groups excluding carboxylic acids is 3. The summed E-state index contributed by atoms with van der Waals surface area (Å²) >= 11 is 1.21. The summed E-state index contributed by atoms with van der Waals surface area (Å²) in [4.78, 5) is 37.2. The highest BCUT2D eigenvalue weighted by molar-refractivity contribution is 7.99. The molecule has 0 saturated heterocycles. The third-order valence-corrected chi connectivity index (χ3v) is 5.85. The third-order valence-electron chi connectivity index (χ3n) is 4.89. The fraction of sp³-hybridized carbons (Fsp3) is 0.269. The number of nitrogens with one attached hydrogen (secondary N) is 2. The maximum atomic E-state index is 12.6. The lowest BCUT2D eigenvalue weighted by Crippen LogP contribution is -2.28. The molecule has 9 nitrogen and oxygen atoms in total. The van der Waals surface area contributed by atoms with Gasteiger partial charge in [0.05, 0.1) is 23.5 Å². The number of aromatic nitrogens is 3. The van der Waals surface area contributed by atoms with E-state index in [9.17, 15) is 14.4 Å². The third kappa shape index (κ3) is 7.29. The number of allylic oxidation sites excluding steroid dienone is 1. The van der Waals surface area contributed by atoms with Crippen molar-refractivity contribution in [3.05, 3.63) is 84.2 Å². The number of rotatable bonds is 11. The summed E-state index contributed by atoms with van der Waals surface area (Å²) in [7, 11) is 0. The van der Waals surface area contributed by atoms with Gasteiger partial charge in [0.15, 0.2) is 11.0 Å². The lowest BCUT2D eigenvalue weighted by molar-refractivity contribution is -0.113. The van der Waals surface area contributed by atoms with E-state index in [2.05, 4.69) is 27.4 Å². The molecule has 0 aliphatic rings. The van der Waals surface area contributed by atoms with Gasteiger partial charge in [-0.2, -0.15) is 0 Å². The predicted molar refractivity (Wildman–Crippen MR) is 139 cm³/mol. The van der Waals surface area contributed by atoms with Crippen molar-refractivity contribution in [1.29, 1.82) is 0 Å². The zero-order chi connectivity index (χ0) is 26.1. The summed E-state index contributed by atoms with van der Waals surface area (Å²) in [6, 6.07) is 15.1. The van der Waals surface area contributed by atoms with Gasteiger partial charge in [0.1, 0.15) is 0 Å². The number of benzene rings is 2. The Bertz CT molecular complexity index is 1230. The van der Waals surface area contributed by atoms with Crippen LogP contribution in [0.15, 0.2) is 72.4 Å². The first kappa shape index (κ1) is 26.7. The van der Waals surface area contributed by atoms with E-state index in [4.69, 9.17) is 4.74 Å². The van der Waals surface area contributed by atoms with Crippen molar-refractivity contribution in [2.75, 3.05) is 11.1 Å². The van der Waals surface area contributed by atoms with Crippen LogP contribution in [0.5, 0.6) is 0 Å². The Labute approximate surface area is 214 Å². The molecule has 0 spiro atoms. The number of amides is 2. The van der Waals surface area contributed by atoms with Crippen molar-refractivity contribution in [1.82, 2.24) is 20.1 Å². The molecule has 3 rings (SSSR count). The molecule has 0 fully saturated rings. The summed E-state index contributed by atoms with van der Waals surface area (Å²) in [5.74, 6) is -0.313. The van der Waals surface area contributed by atoms with Gasteiger partial charge in [-0.15, -0.1) is 16.8 Å². The zero-order valence-electron chi connectivity index (χ0n) is 20.4. The van der Waals surface area contributed by atoms with Gasteiger partial charge in [0.2, 0.25) is 5.91 Å². The first-order chi connectivity index (χ1) is 17.3. The number of hydrogen-bond acceptors (Lipinski definition) is 7. The molecule has 188 valence electrons. The molecule has 2 aromatic carbocycles. The van der Waals surface area contributed by atoms with Crippen LogP contribution >= 0.6 is 11.8 Å². The van der Waals surface area contributed by atoms with Crippen LogP contribution in [-0.4, -0.2) is 44.4 Å². The highest BCUT2D eigenvalue weighted by atomic mass is 32.2. The maximum absolute atomic E-state index is 12.6. The van der Waals surface area contributed by atoms with Gasteiger partial charge >= 0.3 is 5.97 Å². The molecule has 1 heterocycles. The average Bonchev–Trinajstić information content (AvgIpc) is 3.26. The van der Waals surface area contributed by atoms with E-state index in [1.165, 1.54) is 11.8 Å². The van der Waals surface area contributed by atoms with E-state index < -0.39 is 12.0 Å². The molecule has 0 aliphatic carbocycles. The number of esters is 1. The van der Waals surface area contributed by atoms with Crippen LogP contribution in [0.3, 0.4) is 0 Å². The molecular formula is C26H29N5O4S. The normalized spacial score (nSPS) is 11.6. The Kier molecular flexibility index (Phi) is 9.40. The second kappa shape index (κ2) is 12.7. The van der Waals surface area contributed by atoms with Gasteiger partial charge in [-0.3, -0.25) is 9.59 Å². The molecule has 1 atom stereocenters. The molecule has 0 unspecified atom stereocenters. The van der Waals surface area contributed by atoms with Crippen LogP contribution in [0.2, 0.25) is 0 Å². The highest BCUT2D eigenvalue weighted by Crippen LogP contribution is 2.22.